The molecule has 8 heteroatoms. The van der Waals surface area contributed by atoms with Gasteiger partial charge in [0.15, 0.2) is 11.5 Å². The summed E-state index contributed by atoms with van der Waals surface area (Å²) in [5.41, 5.74) is 1.26. The van der Waals surface area contributed by atoms with Crippen molar-refractivity contribution in [3.05, 3.63) is 52.0 Å². The number of hydrogen-bond acceptors (Lipinski definition) is 5. The van der Waals surface area contributed by atoms with E-state index in [2.05, 4.69) is 15.9 Å². The van der Waals surface area contributed by atoms with Crippen LogP contribution in [0.5, 0.6) is 17.2 Å². The van der Waals surface area contributed by atoms with Gasteiger partial charge in [0.1, 0.15) is 5.75 Å². The molecule has 0 aliphatic rings. The molecule has 0 unspecified atom stereocenters. The van der Waals surface area contributed by atoms with Gasteiger partial charge in [0.25, 0.3) is 5.17 Å². The van der Waals surface area contributed by atoms with E-state index < -0.39 is 5.97 Å². The summed E-state index contributed by atoms with van der Waals surface area (Å²) in [6, 6.07) is 10.3. The molecule has 148 valence electrons. The fourth-order valence-corrected chi connectivity index (χ4v) is 2.95. The second-order valence-corrected chi connectivity index (χ2v) is 7.10. The van der Waals surface area contributed by atoms with Gasteiger partial charge in [0, 0.05) is 14.1 Å². The van der Waals surface area contributed by atoms with Crippen LogP contribution in [-0.2, 0) is 4.79 Å². The van der Waals surface area contributed by atoms with Crippen LogP contribution >= 0.6 is 28.1 Å². The van der Waals surface area contributed by atoms with Gasteiger partial charge in [-0.3, -0.25) is 0 Å². The van der Waals surface area contributed by atoms with Gasteiger partial charge in [0.05, 0.1) is 24.3 Å². The van der Waals surface area contributed by atoms with Gasteiger partial charge in [0.2, 0.25) is 0 Å². The number of nitrogens with zero attached hydrogens (tertiary/aromatic N) is 1. The SMILES string of the molecule is COc1cccc(/C(=C\c2cc(Br)c(OC(=S)N(C)C)c(OC)c2)C(=O)O)c1. The van der Waals surface area contributed by atoms with E-state index in [0.717, 1.165) is 0 Å². The normalized spacial score (nSPS) is 11.0. The highest BCUT2D eigenvalue weighted by molar-refractivity contribution is 9.10. The van der Waals surface area contributed by atoms with Crippen molar-refractivity contribution in [2.45, 2.75) is 0 Å². The molecule has 0 atom stereocenters. The molecule has 0 saturated heterocycles. The smallest absolute Gasteiger partial charge is 0.336 e. The number of hydrogen-bond donors (Lipinski definition) is 1. The van der Waals surface area contributed by atoms with Crippen molar-refractivity contribution in [2.75, 3.05) is 28.3 Å². The average molecular weight is 466 g/mol. The van der Waals surface area contributed by atoms with Crippen molar-refractivity contribution in [2.24, 2.45) is 0 Å². The lowest BCUT2D eigenvalue weighted by atomic mass is 10.0. The Balaban J connectivity index is 2.51. The zero-order valence-corrected chi connectivity index (χ0v) is 18.3. The first-order valence-electron chi connectivity index (χ1n) is 8.13. The second kappa shape index (κ2) is 9.57. The van der Waals surface area contributed by atoms with Crippen LogP contribution in [0.25, 0.3) is 11.6 Å². The average Bonchev–Trinajstić information content (AvgIpc) is 2.67. The molecular weight excluding hydrogens is 446 g/mol. The van der Waals surface area contributed by atoms with E-state index in [-0.39, 0.29) is 10.7 Å². The first kappa shape index (κ1) is 21.7. The van der Waals surface area contributed by atoms with Gasteiger partial charge in [-0.15, -0.1) is 0 Å². The van der Waals surface area contributed by atoms with E-state index in [0.29, 0.717) is 32.8 Å². The topological polar surface area (TPSA) is 68.2 Å². The standard InChI is InChI=1S/C20H20BrNO5S/c1-22(2)20(28)27-18-16(21)9-12(10-17(18)26-4)8-15(19(23)24)13-6-5-7-14(11-13)25-3/h5-11H,1-4H3,(H,23,24)/b15-8+. The summed E-state index contributed by atoms with van der Waals surface area (Å²) in [6.45, 7) is 0. The van der Waals surface area contributed by atoms with Crippen molar-refractivity contribution in [3.8, 4) is 17.2 Å². The maximum absolute atomic E-state index is 11.8. The minimum absolute atomic E-state index is 0.116. The molecule has 0 aromatic heterocycles. The number of halogens is 1. The fraction of sp³-hybridized carbons (Fsp3) is 0.200. The Morgan fingerprint density at radius 1 is 1.18 bits per heavy atom. The van der Waals surface area contributed by atoms with Crippen molar-refractivity contribution in [1.82, 2.24) is 4.90 Å². The molecule has 2 rings (SSSR count). The first-order chi connectivity index (χ1) is 13.3. The van der Waals surface area contributed by atoms with Crippen LogP contribution < -0.4 is 14.2 Å². The highest BCUT2D eigenvalue weighted by atomic mass is 79.9. The summed E-state index contributed by atoms with van der Waals surface area (Å²) >= 11 is 8.62. The number of carboxylic acid groups (broad SMARTS) is 1. The highest BCUT2D eigenvalue weighted by Gasteiger charge is 2.16. The lowest BCUT2D eigenvalue weighted by Crippen LogP contribution is -2.25. The Bertz CT molecular complexity index is 927. The Hall–Kier alpha value is -2.58. The van der Waals surface area contributed by atoms with Gasteiger partial charge in [-0.2, -0.15) is 0 Å². The Morgan fingerprint density at radius 2 is 1.89 bits per heavy atom. The van der Waals surface area contributed by atoms with Crippen LogP contribution in [0.4, 0.5) is 0 Å². The first-order valence-corrected chi connectivity index (χ1v) is 9.33. The van der Waals surface area contributed by atoms with E-state index >= 15 is 0 Å². The number of aliphatic carboxylic acids is 1. The number of carboxylic acids is 1. The monoisotopic (exact) mass is 465 g/mol. The lowest BCUT2D eigenvalue weighted by Gasteiger charge is -2.17. The molecule has 0 amide bonds. The molecule has 0 fully saturated rings. The zero-order valence-electron chi connectivity index (χ0n) is 15.9. The van der Waals surface area contributed by atoms with Gasteiger partial charge < -0.3 is 24.2 Å². The predicted molar refractivity (Wildman–Crippen MR) is 116 cm³/mol. The van der Waals surface area contributed by atoms with Crippen molar-refractivity contribution >= 4 is 50.9 Å². The fourth-order valence-electron chi connectivity index (χ4n) is 2.33. The summed E-state index contributed by atoms with van der Waals surface area (Å²) < 4.78 is 16.8. The molecule has 0 heterocycles. The molecular formula is C20H20BrNO5S. The van der Waals surface area contributed by atoms with E-state index in [9.17, 15) is 9.90 Å². The van der Waals surface area contributed by atoms with Crippen molar-refractivity contribution < 1.29 is 24.1 Å². The minimum atomic E-state index is -1.06. The van der Waals surface area contributed by atoms with Gasteiger partial charge in [-0.25, -0.2) is 4.79 Å². The maximum atomic E-state index is 11.8. The third-order valence-electron chi connectivity index (χ3n) is 3.73. The van der Waals surface area contributed by atoms with E-state index in [1.165, 1.54) is 14.2 Å². The number of carbonyl (C=O) groups is 1. The molecule has 1 N–H and O–H groups in total. The van der Waals surface area contributed by atoms with Crippen LogP contribution in [-0.4, -0.2) is 49.5 Å². The molecule has 28 heavy (non-hydrogen) atoms. The van der Waals surface area contributed by atoms with Gasteiger partial charge in [-0.1, -0.05) is 12.1 Å². The Morgan fingerprint density at radius 3 is 2.46 bits per heavy atom. The third kappa shape index (κ3) is 5.24. The quantitative estimate of drug-likeness (QED) is 0.387. The Labute approximate surface area is 177 Å². The molecule has 2 aromatic rings. The molecule has 6 nitrogen and oxygen atoms in total. The van der Waals surface area contributed by atoms with Crippen molar-refractivity contribution in [1.29, 1.82) is 0 Å². The number of benzene rings is 2. The summed E-state index contributed by atoms with van der Waals surface area (Å²) in [7, 11) is 6.57. The zero-order chi connectivity index (χ0) is 20.8. The molecule has 0 spiro atoms. The summed E-state index contributed by atoms with van der Waals surface area (Å²) in [5, 5.41) is 9.95. The summed E-state index contributed by atoms with van der Waals surface area (Å²) in [4.78, 5) is 13.5. The maximum Gasteiger partial charge on any atom is 0.336 e. The summed E-state index contributed by atoms with van der Waals surface area (Å²) in [5.74, 6) is 0.346. The largest absolute Gasteiger partial charge is 0.497 e. The van der Waals surface area contributed by atoms with Crippen LogP contribution in [0.2, 0.25) is 0 Å². The van der Waals surface area contributed by atoms with Crippen LogP contribution in [0.15, 0.2) is 40.9 Å². The minimum Gasteiger partial charge on any atom is -0.497 e. The van der Waals surface area contributed by atoms with E-state index in [1.807, 2.05) is 0 Å². The molecule has 0 saturated carbocycles. The molecule has 2 aromatic carbocycles. The van der Waals surface area contributed by atoms with Crippen LogP contribution in [0.3, 0.4) is 0 Å². The molecule has 0 aliphatic heterocycles. The predicted octanol–water partition coefficient (Wildman–Crippen LogP) is 4.32. The van der Waals surface area contributed by atoms with Crippen LogP contribution in [0.1, 0.15) is 11.1 Å². The number of rotatable bonds is 6. The number of ether oxygens (including phenoxy) is 3. The molecule has 0 radical (unpaired) electrons. The molecule has 0 bridgehead atoms. The van der Waals surface area contributed by atoms with Crippen molar-refractivity contribution in [3.63, 3.8) is 0 Å². The number of thiocarbonyl (C=S) groups is 1. The third-order valence-corrected chi connectivity index (χ3v) is 4.77. The van der Waals surface area contributed by atoms with Crippen LogP contribution in [0, 0.1) is 0 Å². The molecule has 0 aliphatic carbocycles. The second-order valence-electron chi connectivity index (χ2n) is 5.89. The summed E-state index contributed by atoms with van der Waals surface area (Å²) in [6.07, 6.45) is 1.55. The Kier molecular flexibility index (Phi) is 7.42. The van der Waals surface area contributed by atoms with E-state index in [1.54, 1.807) is 61.5 Å². The van der Waals surface area contributed by atoms with Gasteiger partial charge >= 0.3 is 5.97 Å². The van der Waals surface area contributed by atoms with Gasteiger partial charge in [-0.05, 0) is 69.6 Å². The highest BCUT2D eigenvalue weighted by Crippen LogP contribution is 2.38. The van der Waals surface area contributed by atoms with E-state index in [4.69, 9.17) is 26.4 Å². The number of methoxy groups -OCH3 is 2. The lowest BCUT2D eigenvalue weighted by molar-refractivity contribution is -0.130.